The van der Waals surface area contributed by atoms with Crippen molar-refractivity contribution in [3.05, 3.63) is 28.3 Å². The van der Waals surface area contributed by atoms with Gasteiger partial charge in [-0.25, -0.2) is 0 Å². The highest BCUT2D eigenvalue weighted by atomic mass is 16.6. The van der Waals surface area contributed by atoms with Gasteiger partial charge < -0.3 is 15.0 Å². The van der Waals surface area contributed by atoms with Crippen LogP contribution in [0.5, 0.6) is 5.75 Å². The number of nitrogens with zero attached hydrogens (tertiary/aromatic N) is 1. The van der Waals surface area contributed by atoms with E-state index in [0.29, 0.717) is 23.8 Å². The van der Waals surface area contributed by atoms with Crippen molar-refractivity contribution >= 4 is 17.3 Å². The van der Waals surface area contributed by atoms with Gasteiger partial charge in [0.05, 0.1) is 43.8 Å². The number of nitro benzene ring substituents is 1. The largest absolute Gasteiger partial charge is 0.495 e. The Morgan fingerprint density at radius 2 is 2.30 bits per heavy atom. The molecule has 1 unspecified atom stereocenters. The molecule has 126 valence electrons. The number of likely N-dealkylation sites (tertiary alicyclic amines) is 1. The van der Waals surface area contributed by atoms with Gasteiger partial charge in [-0.2, -0.15) is 0 Å². The number of amides is 1. The summed E-state index contributed by atoms with van der Waals surface area (Å²) in [6.07, 6.45) is 2.87. The average Bonchev–Trinajstić information content (AvgIpc) is 2.53. The number of quaternary nitrogens is 1. The summed E-state index contributed by atoms with van der Waals surface area (Å²) in [5, 5.41) is 13.6. The van der Waals surface area contributed by atoms with Gasteiger partial charge in [0.1, 0.15) is 5.75 Å². The monoisotopic (exact) mass is 322 g/mol. The zero-order valence-corrected chi connectivity index (χ0v) is 13.6. The van der Waals surface area contributed by atoms with Crippen LogP contribution in [0.25, 0.3) is 0 Å². The number of methoxy groups -OCH3 is 1. The smallest absolute Gasteiger partial charge is 0.271 e. The molecule has 1 saturated heterocycles. The minimum absolute atomic E-state index is 0.0726. The van der Waals surface area contributed by atoms with Crippen molar-refractivity contribution in [2.24, 2.45) is 5.92 Å². The summed E-state index contributed by atoms with van der Waals surface area (Å²) in [5.74, 6) is 0.982. The molecule has 1 aromatic carbocycles. The van der Waals surface area contributed by atoms with Gasteiger partial charge in [0.25, 0.3) is 5.69 Å². The third kappa shape index (κ3) is 4.92. The van der Waals surface area contributed by atoms with Gasteiger partial charge in [0, 0.05) is 18.1 Å². The van der Waals surface area contributed by atoms with Crippen LogP contribution in [-0.2, 0) is 4.79 Å². The standard InChI is InChI=1S/C16H23N3O4/c1-12-4-3-8-18(11-12)9-7-16(20)17-14-10-13(19(21)22)5-6-15(14)23-2/h5-6,10,12H,3-4,7-9,11H2,1-2H3,(H,17,20)/p+1/t12-/m0/s1. The first-order valence-corrected chi connectivity index (χ1v) is 7.95. The molecule has 1 aliphatic rings. The Labute approximate surface area is 135 Å². The predicted octanol–water partition coefficient (Wildman–Crippen LogP) is 1.25. The van der Waals surface area contributed by atoms with E-state index in [0.717, 1.165) is 19.6 Å². The van der Waals surface area contributed by atoms with Crippen molar-refractivity contribution < 1.29 is 19.4 Å². The van der Waals surface area contributed by atoms with Crippen LogP contribution in [0.1, 0.15) is 26.2 Å². The average molecular weight is 322 g/mol. The molecule has 7 heteroatoms. The lowest BCUT2D eigenvalue weighted by molar-refractivity contribution is -0.907. The highest BCUT2D eigenvalue weighted by Gasteiger charge is 2.20. The van der Waals surface area contributed by atoms with E-state index in [2.05, 4.69) is 12.2 Å². The number of hydrogen-bond donors (Lipinski definition) is 2. The van der Waals surface area contributed by atoms with E-state index >= 15 is 0 Å². The van der Waals surface area contributed by atoms with Gasteiger partial charge in [-0.05, 0) is 18.9 Å². The number of nitrogens with one attached hydrogen (secondary N) is 2. The Morgan fingerprint density at radius 3 is 2.96 bits per heavy atom. The highest BCUT2D eigenvalue weighted by molar-refractivity contribution is 5.92. The molecule has 1 heterocycles. The Balaban J connectivity index is 1.93. The Hall–Kier alpha value is -2.15. The summed E-state index contributed by atoms with van der Waals surface area (Å²) in [4.78, 5) is 23.9. The van der Waals surface area contributed by atoms with Crippen molar-refractivity contribution in [1.82, 2.24) is 0 Å². The molecule has 2 N–H and O–H groups in total. The van der Waals surface area contributed by atoms with Crippen LogP contribution in [-0.4, -0.2) is 37.6 Å². The molecule has 2 rings (SSSR count). The van der Waals surface area contributed by atoms with Crippen LogP contribution in [0.2, 0.25) is 0 Å². The van der Waals surface area contributed by atoms with E-state index in [1.54, 1.807) is 0 Å². The number of anilines is 1. The van der Waals surface area contributed by atoms with Crippen molar-refractivity contribution in [1.29, 1.82) is 0 Å². The van der Waals surface area contributed by atoms with Crippen molar-refractivity contribution in [3.8, 4) is 5.75 Å². The number of carbonyl (C=O) groups is 1. The molecule has 1 aromatic rings. The second kappa shape index (κ2) is 7.92. The molecular weight excluding hydrogens is 298 g/mol. The number of benzene rings is 1. The lowest BCUT2D eigenvalue weighted by Crippen LogP contribution is -3.13. The van der Waals surface area contributed by atoms with Crippen molar-refractivity contribution in [3.63, 3.8) is 0 Å². The number of piperidine rings is 1. The quantitative estimate of drug-likeness (QED) is 0.609. The first-order chi connectivity index (χ1) is 11.0. The van der Waals surface area contributed by atoms with E-state index in [9.17, 15) is 14.9 Å². The number of hydrogen-bond acceptors (Lipinski definition) is 4. The number of rotatable bonds is 6. The normalized spacial score (nSPS) is 20.8. The Morgan fingerprint density at radius 1 is 1.52 bits per heavy atom. The molecule has 7 nitrogen and oxygen atoms in total. The van der Waals surface area contributed by atoms with Crippen LogP contribution in [0.4, 0.5) is 11.4 Å². The first kappa shape index (κ1) is 17.2. The molecule has 0 radical (unpaired) electrons. The first-order valence-electron chi connectivity index (χ1n) is 7.95. The van der Waals surface area contributed by atoms with Crippen LogP contribution >= 0.6 is 0 Å². The molecule has 1 aliphatic heterocycles. The number of ether oxygens (including phenoxy) is 1. The van der Waals surface area contributed by atoms with Gasteiger partial charge in [-0.1, -0.05) is 6.92 Å². The van der Waals surface area contributed by atoms with Crippen LogP contribution in [0.3, 0.4) is 0 Å². The van der Waals surface area contributed by atoms with E-state index in [1.165, 1.54) is 43.1 Å². The maximum atomic E-state index is 12.1. The van der Waals surface area contributed by atoms with E-state index in [4.69, 9.17) is 4.74 Å². The van der Waals surface area contributed by atoms with Gasteiger partial charge in [0.15, 0.2) is 0 Å². The van der Waals surface area contributed by atoms with E-state index in [-0.39, 0.29) is 11.6 Å². The maximum Gasteiger partial charge on any atom is 0.271 e. The zero-order chi connectivity index (χ0) is 16.8. The Kier molecular flexibility index (Phi) is 5.92. The SMILES string of the molecule is COc1ccc([N+](=O)[O-])cc1NC(=O)CC[NH+]1CCC[C@H](C)C1. The molecule has 1 amide bonds. The minimum atomic E-state index is -0.492. The molecule has 0 aromatic heterocycles. The summed E-state index contributed by atoms with van der Waals surface area (Å²) < 4.78 is 5.15. The summed E-state index contributed by atoms with van der Waals surface area (Å²) >= 11 is 0. The number of nitro groups is 1. The molecule has 23 heavy (non-hydrogen) atoms. The molecular formula is C16H24N3O4+. The second-order valence-corrected chi connectivity index (χ2v) is 6.14. The van der Waals surface area contributed by atoms with Crippen molar-refractivity contribution in [2.45, 2.75) is 26.2 Å². The summed E-state index contributed by atoms with van der Waals surface area (Å²) in [5.41, 5.74) is 0.269. The summed E-state index contributed by atoms with van der Waals surface area (Å²) in [7, 11) is 1.47. The zero-order valence-electron chi connectivity index (χ0n) is 13.6. The molecule has 0 bridgehead atoms. The number of carbonyl (C=O) groups excluding carboxylic acids is 1. The minimum Gasteiger partial charge on any atom is -0.495 e. The van der Waals surface area contributed by atoms with E-state index in [1.807, 2.05) is 0 Å². The third-order valence-corrected chi connectivity index (χ3v) is 4.24. The van der Waals surface area contributed by atoms with Gasteiger partial charge >= 0.3 is 0 Å². The molecule has 1 fully saturated rings. The van der Waals surface area contributed by atoms with Crippen LogP contribution in [0.15, 0.2) is 18.2 Å². The van der Waals surface area contributed by atoms with E-state index < -0.39 is 4.92 Å². The van der Waals surface area contributed by atoms with Gasteiger partial charge in [-0.15, -0.1) is 0 Å². The van der Waals surface area contributed by atoms with Crippen molar-refractivity contribution in [2.75, 3.05) is 32.1 Å². The lowest BCUT2D eigenvalue weighted by atomic mass is 10.0. The maximum absolute atomic E-state index is 12.1. The van der Waals surface area contributed by atoms with Gasteiger partial charge in [-0.3, -0.25) is 14.9 Å². The molecule has 0 aliphatic carbocycles. The summed E-state index contributed by atoms with van der Waals surface area (Å²) in [6, 6.07) is 4.17. The fourth-order valence-corrected chi connectivity index (χ4v) is 3.03. The fourth-order valence-electron chi connectivity index (χ4n) is 3.03. The molecule has 2 atom stereocenters. The second-order valence-electron chi connectivity index (χ2n) is 6.14. The Bertz CT molecular complexity index is 576. The van der Waals surface area contributed by atoms with Crippen LogP contribution < -0.4 is 15.0 Å². The molecule has 0 saturated carbocycles. The predicted molar refractivity (Wildman–Crippen MR) is 86.9 cm³/mol. The highest BCUT2D eigenvalue weighted by Crippen LogP contribution is 2.28. The van der Waals surface area contributed by atoms with Crippen LogP contribution in [0, 0.1) is 16.0 Å². The van der Waals surface area contributed by atoms with Gasteiger partial charge in [0.2, 0.25) is 5.91 Å². The molecule has 0 spiro atoms. The summed E-state index contributed by atoms with van der Waals surface area (Å²) in [6.45, 7) is 5.24. The fraction of sp³-hybridized carbons (Fsp3) is 0.562. The lowest BCUT2D eigenvalue weighted by Gasteiger charge is -2.27. The topological polar surface area (TPSA) is 85.9 Å². The number of non-ortho nitro benzene ring substituents is 1. The third-order valence-electron chi connectivity index (χ3n) is 4.24.